The van der Waals surface area contributed by atoms with E-state index in [1.54, 1.807) is 0 Å². The van der Waals surface area contributed by atoms with E-state index in [2.05, 4.69) is 51.3 Å². The van der Waals surface area contributed by atoms with Crippen molar-refractivity contribution in [3.05, 3.63) is 28.7 Å². The zero-order valence-electron chi connectivity index (χ0n) is 11.7. The first-order chi connectivity index (χ1) is 9.19. The minimum Gasteiger partial charge on any atom is -0.377 e. The quantitative estimate of drug-likeness (QED) is 0.874. The predicted molar refractivity (Wildman–Crippen MR) is 85.5 cm³/mol. The highest BCUT2D eigenvalue weighted by atomic mass is 79.9. The van der Waals surface area contributed by atoms with Crippen LogP contribution < -0.4 is 11.1 Å². The number of halogens is 1. The predicted octanol–water partition coefficient (Wildman–Crippen LogP) is 3.06. The van der Waals surface area contributed by atoms with Gasteiger partial charge in [-0.2, -0.15) is 0 Å². The standard InChI is InChI=1S/C15H24BrN3/c1-2-9-19-10-7-15(12-17,8-11-19)18-14-6-4-3-5-13(14)16/h3-6,18H,2,7-12,17H2,1H3. The number of hydrogen-bond acceptors (Lipinski definition) is 3. The van der Waals surface area contributed by atoms with Crippen LogP contribution in [-0.2, 0) is 0 Å². The Bertz CT molecular complexity index is 400. The molecule has 1 saturated heterocycles. The molecule has 0 unspecified atom stereocenters. The van der Waals surface area contributed by atoms with E-state index in [1.165, 1.54) is 13.0 Å². The lowest BCUT2D eigenvalue weighted by molar-refractivity contribution is 0.177. The van der Waals surface area contributed by atoms with Crippen molar-refractivity contribution >= 4 is 21.6 Å². The number of hydrogen-bond donors (Lipinski definition) is 2. The number of piperidine rings is 1. The maximum atomic E-state index is 6.06. The summed E-state index contributed by atoms with van der Waals surface area (Å²) >= 11 is 3.60. The van der Waals surface area contributed by atoms with Crippen LogP contribution in [-0.4, -0.2) is 36.6 Å². The average Bonchev–Trinajstić information content (AvgIpc) is 2.44. The molecule has 4 heteroatoms. The van der Waals surface area contributed by atoms with Crippen LogP contribution in [0, 0.1) is 0 Å². The fourth-order valence-corrected chi connectivity index (χ4v) is 3.13. The van der Waals surface area contributed by atoms with Gasteiger partial charge in [-0.15, -0.1) is 0 Å². The van der Waals surface area contributed by atoms with Crippen molar-refractivity contribution in [3.8, 4) is 0 Å². The van der Waals surface area contributed by atoms with Gasteiger partial charge in [0.2, 0.25) is 0 Å². The molecule has 19 heavy (non-hydrogen) atoms. The number of nitrogens with zero attached hydrogens (tertiary/aromatic N) is 1. The molecule has 0 saturated carbocycles. The lowest BCUT2D eigenvalue weighted by Crippen LogP contribution is -2.53. The molecule has 0 radical (unpaired) electrons. The summed E-state index contributed by atoms with van der Waals surface area (Å²) in [4.78, 5) is 2.54. The van der Waals surface area contributed by atoms with E-state index < -0.39 is 0 Å². The molecule has 1 aliphatic rings. The van der Waals surface area contributed by atoms with Gasteiger partial charge >= 0.3 is 0 Å². The Hall–Kier alpha value is -0.580. The van der Waals surface area contributed by atoms with E-state index in [9.17, 15) is 0 Å². The van der Waals surface area contributed by atoms with E-state index in [0.717, 1.165) is 36.1 Å². The van der Waals surface area contributed by atoms with Crippen LogP contribution in [0.2, 0.25) is 0 Å². The molecule has 1 aliphatic heterocycles. The minimum absolute atomic E-state index is 0.0497. The van der Waals surface area contributed by atoms with Gasteiger partial charge in [-0.25, -0.2) is 0 Å². The number of benzene rings is 1. The van der Waals surface area contributed by atoms with Gasteiger partial charge in [0.15, 0.2) is 0 Å². The highest BCUT2D eigenvalue weighted by molar-refractivity contribution is 9.10. The van der Waals surface area contributed by atoms with E-state index in [1.807, 2.05) is 6.07 Å². The number of nitrogens with two attached hydrogens (primary N) is 1. The summed E-state index contributed by atoms with van der Waals surface area (Å²) in [6.07, 6.45) is 3.46. The van der Waals surface area contributed by atoms with Crippen LogP contribution in [0.4, 0.5) is 5.69 Å². The number of anilines is 1. The van der Waals surface area contributed by atoms with Crippen molar-refractivity contribution < 1.29 is 0 Å². The van der Waals surface area contributed by atoms with E-state index in [0.29, 0.717) is 6.54 Å². The minimum atomic E-state index is 0.0497. The van der Waals surface area contributed by atoms with Crippen LogP contribution in [0.3, 0.4) is 0 Å². The first-order valence-electron chi connectivity index (χ1n) is 7.14. The molecular formula is C15H24BrN3. The summed E-state index contributed by atoms with van der Waals surface area (Å²) in [7, 11) is 0. The summed E-state index contributed by atoms with van der Waals surface area (Å²) in [6.45, 7) is 6.42. The zero-order valence-corrected chi connectivity index (χ0v) is 13.2. The lowest BCUT2D eigenvalue weighted by Gasteiger charge is -2.42. The Morgan fingerprint density at radius 2 is 2.00 bits per heavy atom. The van der Waals surface area contributed by atoms with Gasteiger partial charge in [0.05, 0.1) is 5.54 Å². The number of rotatable bonds is 5. The number of nitrogens with one attached hydrogen (secondary N) is 1. The molecule has 3 N–H and O–H groups in total. The number of likely N-dealkylation sites (tertiary alicyclic amines) is 1. The van der Waals surface area contributed by atoms with Crippen LogP contribution in [0.5, 0.6) is 0 Å². The lowest BCUT2D eigenvalue weighted by atomic mass is 9.87. The molecule has 1 heterocycles. The van der Waals surface area contributed by atoms with E-state index in [-0.39, 0.29) is 5.54 Å². The van der Waals surface area contributed by atoms with Gasteiger partial charge < -0.3 is 16.0 Å². The maximum Gasteiger partial charge on any atom is 0.0520 e. The van der Waals surface area contributed by atoms with Crippen molar-refractivity contribution in [3.63, 3.8) is 0 Å². The summed E-state index contributed by atoms with van der Waals surface area (Å²) < 4.78 is 1.11. The number of para-hydroxylation sites is 1. The third kappa shape index (κ3) is 3.71. The zero-order chi connectivity index (χ0) is 13.7. The van der Waals surface area contributed by atoms with Crippen molar-refractivity contribution in [1.82, 2.24) is 4.90 Å². The Morgan fingerprint density at radius 3 is 2.58 bits per heavy atom. The normalized spacial score (nSPS) is 19.3. The fraction of sp³-hybridized carbons (Fsp3) is 0.600. The van der Waals surface area contributed by atoms with Gasteiger partial charge in [0.1, 0.15) is 0 Å². The molecule has 1 aromatic carbocycles. The smallest absolute Gasteiger partial charge is 0.0520 e. The van der Waals surface area contributed by atoms with Crippen molar-refractivity contribution in [2.75, 3.05) is 31.5 Å². The first kappa shape index (κ1) is 14.8. The van der Waals surface area contributed by atoms with Gasteiger partial charge in [0, 0.05) is 29.8 Å². The summed E-state index contributed by atoms with van der Waals surface area (Å²) in [5.74, 6) is 0. The Morgan fingerprint density at radius 1 is 1.32 bits per heavy atom. The molecular weight excluding hydrogens is 302 g/mol. The van der Waals surface area contributed by atoms with Crippen LogP contribution >= 0.6 is 15.9 Å². The fourth-order valence-electron chi connectivity index (χ4n) is 2.75. The Kier molecular flexibility index (Phi) is 5.25. The van der Waals surface area contributed by atoms with E-state index >= 15 is 0 Å². The third-order valence-corrected chi connectivity index (χ3v) is 4.71. The van der Waals surface area contributed by atoms with Crippen molar-refractivity contribution in [2.45, 2.75) is 31.7 Å². The molecule has 0 aromatic heterocycles. The Labute approximate surface area is 124 Å². The molecule has 3 nitrogen and oxygen atoms in total. The van der Waals surface area contributed by atoms with Gasteiger partial charge in [0.25, 0.3) is 0 Å². The largest absolute Gasteiger partial charge is 0.377 e. The maximum absolute atomic E-state index is 6.06. The van der Waals surface area contributed by atoms with Crippen molar-refractivity contribution in [2.24, 2.45) is 5.73 Å². The van der Waals surface area contributed by atoms with Gasteiger partial charge in [-0.05, 0) is 53.9 Å². The summed E-state index contributed by atoms with van der Waals surface area (Å²) in [5, 5.41) is 3.68. The van der Waals surface area contributed by atoms with Crippen LogP contribution in [0.15, 0.2) is 28.7 Å². The molecule has 0 spiro atoms. The highest BCUT2D eigenvalue weighted by Gasteiger charge is 2.33. The van der Waals surface area contributed by atoms with Crippen molar-refractivity contribution in [1.29, 1.82) is 0 Å². The first-order valence-corrected chi connectivity index (χ1v) is 7.93. The molecule has 106 valence electrons. The highest BCUT2D eigenvalue weighted by Crippen LogP contribution is 2.30. The van der Waals surface area contributed by atoms with Gasteiger partial charge in [-0.3, -0.25) is 0 Å². The summed E-state index contributed by atoms with van der Waals surface area (Å²) in [5.41, 5.74) is 7.26. The van der Waals surface area contributed by atoms with Crippen LogP contribution in [0.1, 0.15) is 26.2 Å². The molecule has 0 amide bonds. The molecule has 0 bridgehead atoms. The molecule has 0 atom stereocenters. The topological polar surface area (TPSA) is 41.3 Å². The molecule has 2 rings (SSSR count). The molecule has 1 aromatic rings. The SMILES string of the molecule is CCCN1CCC(CN)(Nc2ccccc2Br)CC1. The van der Waals surface area contributed by atoms with Gasteiger partial charge in [-0.1, -0.05) is 19.1 Å². The molecule has 0 aliphatic carbocycles. The second-order valence-electron chi connectivity index (χ2n) is 5.43. The van der Waals surface area contributed by atoms with Crippen LogP contribution in [0.25, 0.3) is 0 Å². The molecule has 1 fully saturated rings. The van der Waals surface area contributed by atoms with E-state index in [4.69, 9.17) is 5.73 Å². The second kappa shape index (κ2) is 6.73. The monoisotopic (exact) mass is 325 g/mol. The second-order valence-corrected chi connectivity index (χ2v) is 6.29. The summed E-state index contributed by atoms with van der Waals surface area (Å²) in [6, 6.07) is 8.27. The third-order valence-electron chi connectivity index (χ3n) is 4.02. The Balaban J connectivity index is 2.02. The average molecular weight is 326 g/mol.